The van der Waals surface area contributed by atoms with Crippen molar-refractivity contribution in [2.75, 3.05) is 20.3 Å². The summed E-state index contributed by atoms with van der Waals surface area (Å²) in [6, 6.07) is 9.94. The second-order valence-electron chi connectivity index (χ2n) is 5.52. The zero-order valence-electron chi connectivity index (χ0n) is 13.7. The Morgan fingerprint density at radius 3 is 2.00 bits per heavy atom. The smallest absolute Gasteiger partial charge is 0.184 e. The summed E-state index contributed by atoms with van der Waals surface area (Å²) in [5, 5.41) is 0. The molecule has 0 aromatic heterocycles. The van der Waals surface area contributed by atoms with Crippen LogP contribution in [-0.4, -0.2) is 38.6 Å². The number of methoxy groups -OCH3 is 1. The summed E-state index contributed by atoms with van der Waals surface area (Å²) in [4.78, 5) is 0. The molecule has 0 fully saturated rings. The average molecular weight is 296 g/mol. The van der Waals surface area contributed by atoms with E-state index in [-0.39, 0.29) is 24.6 Å². The minimum absolute atomic E-state index is 0.0853. The normalized spacial score (nSPS) is 14.6. The Balaban J connectivity index is 2.63. The van der Waals surface area contributed by atoms with Crippen LogP contribution in [0.5, 0.6) is 0 Å². The van der Waals surface area contributed by atoms with E-state index in [0.29, 0.717) is 13.2 Å². The predicted octanol–water partition coefficient (Wildman–Crippen LogP) is 3.57. The molecule has 2 unspecified atom stereocenters. The molecule has 0 amide bonds. The van der Waals surface area contributed by atoms with Gasteiger partial charge in [0.05, 0.1) is 25.4 Å². The number of hydrogen-bond acceptors (Lipinski definition) is 4. The molecule has 21 heavy (non-hydrogen) atoms. The largest absolute Gasteiger partial charge is 0.382 e. The molecule has 0 aliphatic rings. The van der Waals surface area contributed by atoms with Crippen LogP contribution in [0, 0.1) is 0 Å². The topological polar surface area (TPSA) is 36.9 Å². The van der Waals surface area contributed by atoms with Gasteiger partial charge in [-0.15, -0.1) is 0 Å². The molecule has 4 nitrogen and oxygen atoms in total. The van der Waals surface area contributed by atoms with Crippen molar-refractivity contribution in [3.05, 3.63) is 35.9 Å². The summed E-state index contributed by atoms with van der Waals surface area (Å²) in [6.45, 7) is 8.93. The molecule has 0 aliphatic heterocycles. The number of rotatable bonds is 10. The maximum absolute atomic E-state index is 5.93. The van der Waals surface area contributed by atoms with Crippen molar-refractivity contribution in [2.45, 2.75) is 52.3 Å². The molecule has 2 atom stereocenters. The van der Waals surface area contributed by atoms with Crippen LogP contribution < -0.4 is 0 Å². The molecule has 0 radical (unpaired) electrons. The van der Waals surface area contributed by atoms with Gasteiger partial charge in [-0.25, -0.2) is 0 Å². The fourth-order valence-electron chi connectivity index (χ4n) is 1.96. The van der Waals surface area contributed by atoms with E-state index in [2.05, 4.69) is 0 Å². The van der Waals surface area contributed by atoms with E-state index >= 15 is 0 Å². The van der Waals surface area contributed by atoms with E-state index in [1.54, 1.807) is 7.11 Å². The quantitative estimate of drug-likeness (QED) is 0.619. The maximum atomic E-state index is 5.93. The zero-order valence-corrected chi connectivity index (χ0v) is 13.7. The van der Waals surface area contributed by atoms with Crippen molar-refractivity contribution in [1.29, 1.82) is 0 Å². The van der Waals surface area contributed by atoms with Gasteiger partial charge >= 0.3 is 0 Å². The molecule has 0 aliphatic carbocycles. The van der Waals surface area contributed by atoms with Crippen molar-refractivity contribution in [3.8, 4) is 0 Å². The number of hydrogen-bond donors (Lipinski definition) is 0. The van der Waals surface area contributed by atoms with Crippen LogP contribution in [0.4, 0.5) is 0 Å². The van der Waals surface area contributed by atoms with E-state index in [4.69, 9.17) is 18.9 Å². The third-order valence-corrected chi connectivity index (χ3v) is 2.72. The van der Waals surface area contributed by atoms with Crippen molar-refractivity contribution in [3.63, 3.8) is 0 Å². The summed E-state index contributed by atoms with van der Waals surface area (Å²) < 4.78 is 22.7. The molecule has 0 N–H and O–H groups in total. The Morgan fingerprint density at radius 1 is 0.857 bits per heavy atom. The zero-order chi connectivity index (χ0) is 15.7. The Labute approximate surface area is 128 Å². The lowest BCUT2D eigenvalue weighted by atomic mass is 10.2. The van der Waals surface area contributed by atoms with Crippen LogP contribution in [0.25, 0.3) is 0 Å². The molecule has 0 bridgehead atoms. The van der Waals surface area contributed by atoms with Crippen LogP contribution >= 0.6 is 0 Å². The second-order valence-corrected chi connectivity index (χ2v) is 5.52. The van der Waals surface area contributed by atoms with Gasteiger partial charge in [0.25, 0.3) is 0 Å². The van der Waals surface area contributed by atoms with Crippen LogP contribution in [-0.2, 0) is 18.9 Å². The molecule has 0 saturated heterocycles. The predicted molar refractivity (Wildman–Crippen MR) is 83.2 cm³/mol. The number of ether oxygens (including phenoxy) is 4. The summed E-state index contributed by atoms with van der Waals surface area (Å²) in [5.41, 5.74) is 1.01. The summed E-state index contributed by atoms with van der Waals surface area (Å²) in [7, 11) is 1.66. The van der Waals surface area contributed by atoms with Gasteiger partial charge in [0.1, 0.15) is 6.10 Å². The van der Waals surface area contributed by atoms with Crippen molar-refractivity contribution < 1.29 is 18.9 Å². The molecule has 0 saturated carbocycles. The first-order valence-electron chi connectivity index (χ1n) is 7.49. The first-order chi connectivity index (χ1) is 10.0. The second kappa shape index (κ2) is 9.90. The third-order valence-electron chi connectivity index (χ3n) is 2.72. The van der Waals surface area contributed by atoms with Crippen molar-refractivity contribution in [1.82, 2.24) is 0 Å². The first kappa shape index (κ1) is 18.1. The van der Waals surface area contributed by atoms with E-state index < -0.39 is 0 Å². The standard InChI is InChI=1S/C17H28O4/c1-13(2)20-16(11-18-5)12-19-17(21-14(3)4)15-9-7-6-8-10-15/h6-10,13-14,16-17H,11-12H2,1-5H3. The van der Waals surface area contributed by atoms with Crippen LogP contribution in [0.15, 0.2) is 30.3 Å². The number of benzene rings is 1. The Bertz CT molecular complexity index is 364. The Hall–Kier alpha value is -0.940. The molecule has 1 aromatic rings. The Morgan fingerprint density at radius 2 is 1.48 bits per heavy atom. The summed E-state index contributed by atoms with van der Waals surface area (Å²) in [6.07, 6.45) is -0.268. The first-order valence-corrected chi connectivity index (χ1v) is 7.49. The molecule has 1 aromatic carbocycles. The highest BCUT2D eigenvalue weighted by Gasteiger charge is 2.18. The lowest BCUT2D eigenvalue weighted by Gasteiger charge is -2.25. The molecule has 1 rings (SSSR count). The van der Waals surface area contributed by atoms with E-state index in [9.17, 15) is 0 Å². The van der Waals surface area contributed by atoms with E-state index in [1.807, 2.05) is 58.0 Å². The maximum Gasteiger partial charge on any atom is 0.184 e. The highest BCUT2D eigenvalue weighted by Crippen LogP contribution is 2.21. The molecular formula is C17H28O4. The monoisotopic (exact) mass is 296 g/mol. The third kappa shape index (κ3) is 7.58. The van der Waals surface area contributed by atoms with Gasteiger partial charge in [-0.3, -0.25) is 0 Å². The van der Waals surface area contributed by atoms with E-state index in [1.165, 1.54) is 0 Å². The SMILES string of the molecule is COCC(COC(OC(C)C)c1ccccc1)OC(C)C. The van der Waals surface area contributed by atoms with Crippen LogP contribution in [0.3, 0.4) is 0 Å². The van der Waals surface area contributed by atoms with Gasteiger partial charge in [-0.05, 0) is 27.7 Å². The lowest BCUT2D eigenvalue weighted by molar-refractivity contribution is -0.192. The fraction of sp³-hybridized carbons (Fsp3) is 0.647. The van der Waals surface area contributed by atoms with Crippen molar-refractivity contribution >= 4 is 0 Å². The van der Waals surface area contributed by atoms with Crippen molar-refractivity contribution in [2.24, 2.45) is 0 Å². The van der Waals surface area contributed by atoms with E-state index in [0.717, 1.165) is 5.56 Å². The Kier molecular flexibility index (Phi) is 8.54. The van der Waals surface area contributed by atoms with Crippen LogP contribution in [0.1, 0.15) is 39.5 Å². The van der Waals surface area contributed by atoms with Crippen LogP contribution in [0.2, 0.25) is 0 Å². The highest BCUT2D eigenvalue weighted by atomic mass is 16.7. The van der Waals surface area contributed by atoms with Gasteiger partial charge in [-0.1, -0.05) is 30.3 Å². The average Bonchev–Trinajstić information content (AvgIpc) is 2.43. The van der Waals surface area contributed by atoms with Gasteiger partial charge in [0, 0.05) is 12.7 Å². The van der Waals surface area contributed by atoms with Gasteiger partial charge < -0.3 is 18.9 Å². The summed E-state index contributed by atoms with van der Waals surface area (Å²) in [5.74, 6) is 0. The highest BCUT2D eigenvalue weighted by molar-refractivity contribution is 5.16. The summed E-state index contributed by atoms with van der Waals surface area (Å²) >= 11 is 0. The van der Waals surface area contributed by atoms with Gasteiger partial charge in [0.2, 0.25) is 0 Å². The molecule has 120 valence electrons. The molecular weight excluding hydrogens is 268 g/mol. The van der Waals surface area contributed by atoms with Gasteiger partial charge in [-0.2, -0.15) is 0 Å². The molecule has 0 spiro atoms. The molecule has 4 heteroatoms. The fourth-order valence-corrected chi connectivity index (χ4v) is 1.96. The molecule has 0 heterocycles. The minimum Gasteiger partial charge on any atom is -0.382 e. The lowest BCUT2D eigenvalue weighted by Crippen LogP contribution is -2.29. The minimum atomic E-state index is -0.388. The van der Waals surface area contributed by atoms with Gasteiger partial charge in [0.15, 0.2) is 6.29 Å².